The predicted octanol–water partition coefficient (Wildman–Crippen LogP) is 15.4. The van der Waals surface area contributed by atoms with Crippen LogP contribution in [0.5, 0.6) is 28.7 Å². The monoisotopic (exact) mass is 1280 g/mol. The Kier molecular flexibility index (Phi) is 26.0. The number of rotatable bonds is 8. The maximum absolute atomic E-state index is 14.3. The molecule has 0 bridgehead atoms. The zero-order chi connectivity index (χ0) is 67.0. The summed E-state index contributed by atoms with van der Waals surface area (Å²) in [6.45, 7) is 1.07. The third-order valence-electron chi connectivity index (χ3n) is 9.90. The van der Waals surface area contributed by atoms with Crippen LogP contribution in [-0.4, -0.2) is 60.6 Å². The normalized spacial score (nSPS) is 10.9. The average Bonchev–Trinajstić information content (AvgIpc) is 1.76. The highest BCUT2D eigenvalue weighted by atomic mass is 35.5. The maximum Gasteiger partial charge on any atom is 0.417 e. The van der Waals surface area contributed by atoms with Gasteiger partial charge in [-0.1, -0.05) is 46.4 Å². The van der Waals surface area contributed by atoms with Crippen LogP contribution >= 0.6 is 46.4 Å². The van der Waals surface area contributed by atoms with Crippen molar-refractivity contribution in [3.05, 3.63) is 211 Å². The number of phenolic OH excluding ortho intramolecular Hbond substituents is 2. The Labute approximate surface area is 511 Å². The molecule has 0 saturated carbocycles. The van der Waals surface area contributed by atoms with Crippen LogP contribution in [0.15, 0.2) is 146 Å². The van der Waals surface area contributed by atoms with Crippen LogP contribution in [0.2, 0.25) is 20.1 Å². The lowest BCUT2D eigenvalue weighted by molar-refractivity contribution is -0.138. The predicted molar refractivity (Wildman–Crippen MR) is 311 cm³/mol. The standard InChI is InChI=1S/C20H14ClF4N3O2.C14H12ClFN2O2.C8H3ClF3NO.C7H7ClN2O.C6H6FNO.B2/c1-11-8-14(6-7-26-11)30-13-3-5-18(17(22)10-13)28-19(29)27-12-2-4-16(21)15(9-12)20(23,24)25;1-8-6-9(2-4-11(8)15)17-14(20)18-13-5-3-10(19)7-12(13)16;9-7-2-1-5(14-4-13)3-6(7)8(10,11)12;1-9-7(11)6-4-5(8)2-3-10-6;7-5-3-4(9)1-2-6(5)8;1-2/h2-10H,1H3,(H2,27,28,29);2-7,19H,1H3,(H2,17,18,20);1-3H;2-4H,1H3,(H,9,11);1-3,9H,8H2;/i;;;1D3;;. The summed E-state index contributed by atoms with van der Waals surface area (Å²) in [4.78, 5) is 42.7. The Hall–Kier alpha value is -9.22. The molecule has 8 rings (SSSR count). The first-order valence-corrected chi connectivity index (χ1v) is 24.7. The fraction of sp³-hybridized carbons (Fsp3) is 0.0909. The number of carbonyl (C=O) groups excluding carboxylic acids is 3. The van der Waals surface area contributed by atoms with E-state index in [1.54, 1.807) is 48.8 Å². The summed E-state index contributed by atoms with van der Waals surface area (Å²) in [5, 5.41) is 37.0. The number of halogens is 13. The Morgan fingerprint density at radius 1 is 0.605 bits per heavy atom. The molecule has 31 heteroatoms. The summed E-state index contributed by atoms with van der Waals surface area (Å²) >= 11 is 22.3. The van der Waals surface area contributed by atoms with E-state index in [-0.39, 0.29) is 51.4 Å². The molecule has 0 saturated heterocycles. The smallest absolute Gasteiger partial charge is 0.417 e. The number of carbonyl (C=O) groups is 3. The van der Waals surface area contributed by atoms with Crippen LogP contribution in [0, 0.1) is 42.8 Å². The number of aromatic nitrogens is 2. The zero-order valence-corrected chi connectivity index (χ0v) is 46.8. The molecular weight excluding hydrogens is 1230 g/mol. The van der Waals surface area contributed by atoms with Crippen molar-refractivity contribution in [3.63, 3.8) is 0 Å². The number of amides is 5. The summed E-state index contributed by atoms with van der Waals surface area (Å²) < 4.78 is 146. The van der Waals surface area contributed by atoms with E-state index in [1.807, 2.05) is 6.92 Å². The van der Waals surface area contributed by atoms with E-state index in [9.17, 15) is 53.9 Å². The van der Waals surface area contributed by atoms with Gasteiger partial charge >= 0.3 is 24.4 Å². The van der Waals surface area contributed by atoms with Gasteiger partial charge in [-0.15, -0.1) is 5.26 Å². The van der Waals surface area contributed by atoms with Gasteiger partial charge in [0, 0.05) is 90.3 Å². The number of pyridine rings is 2. The van der Waals surface area contributed by atoms with E-state index in [0.29, 0.717) is 33.6 Å². The third-order valence-corrected chi connectivity index (χ3v) is 11.2. The Balaban J connectivity index is 0.000000306. The highest BCUT2D eigenvalue weighted by Gasteiger charge is 2.34. The number of nitrogens with zero attached hydrogens (tertiary/aromatic N) is 3. The van der Waals surface area contributed by atoms with Gasteiger partial charge in [-0.05, 0) is 129 Å². The van der Waals surface area contributed by atoms with Crippen LogP contribution in [0.25, 0.3) is 0 Å². The molecule has 446 valence electrons. The van der Waals surface area contributed by atoms with E-state index in [0.717, 1.165) is 41.6 Å². The van der Waals surface area contributed by atoms with E-state index >= 15 is 0 Å². The van der Waals surface area contributed by atoms with Crippen molar-refractivity contribution < 1.29 is 77.7 Å². The first-order chi connectivity index (χ1) is 41.6. The minimum Gasteiger partial charge on any atom is -0.508 e. The van der Waals surface area contributed by atoms with Crippen LogP contribution in [0.1, 0.15) is 37.0 Å². The second-order valence-electron chi connectivity index (χ2n) is 16.2. The third kappa shape index (κ3) is 24.2. The largest absolute Gasteiger partial charge is 0.508 e. The number of aromatic hydroxyl groups is 2. The number of nitrogen functional groups attached to an aromatic ring is 1. The molecule has 0 aliphatic heterocycles. The van der Waals surface area contributed by atoms with Gasteiger partial charge in [-0.2, -0.15) is 26.3 Å². The minimum absolute atomic E-state index is 0.0198. The van der Waals surface area contributed by atoms with Gasteiger partial charge in [-0.25, -0.2) is 22.8 Å². The molecule has 4 radical (unpaired) electrons. The first-order valence-electron chi connectivity index (χ1n) is 24.7. The topological polar surface area (TPSA) is 246 Å². The highest BCUT2D eigenvalue weighted by molar-refractivity contribution is 6.75. The summed E-state index contributed by atoms with van der Waals surface area (Å²) in [6.07, 6.45) is -5.08. The molecular formula is C55H42B2Cl4F9N9O7. The molecule has 0 aliphatic carbocycles. The fourth-order valence-electron chi connectivity index (χ4n) is 6.04. The van der Waals surface area contributed by atoms with Crippen molar-refractivity contribution in [3.8, 4) is 35.0 Å². The highest BCUT2D eigenvalue weighted by Crippen LogP contribution is 2.38. The van der Waals surface area contributed by atoms with E-state index < -0.39 is 75.9 Å². The van der Waals surface area contributed by atoms with Gasteiger partial charge < -0.3 is 52.0 Å². The molecule has 86 heavy (non-hydrogen) atoms. The molecule has 0 fully saturated rings. The minimum atomic E-state index is -4.68. The summed E-state index contributed by atoms with van der Waals surface area (Å²) in [5.41, 5.74) is 4.74. The number of anilines is 5. The number of alkyl halides is 6. The molecule has 0 spiro atoms. The number of nitrogens with one attached hydrogen (secondary N) is 5. The average molecular weight is 1280 g/mol. The molecule has 0 atom stereocenters. The van der Waals surface area contributed by atoms with Gasteiger partial charge in [0.05, 0.1) is 38.2 Å². The number of aryl methyl sites for hydroxylation is 2. The van der Waals surface area contributed by atoms with Crippen molar-refractivity contribution in [2.75, 3.05) is 34.0 Å². The second kappa shape index (κ2) is 33.9. The van der Waals surface area contributed by atoms with Crippen molar-refractivity contribution in [1.82, 2.24) is 15.3 Å². The number of hydrogen-bond acceptors (Lipinski definition) is 11. The molecule has 16 nitrogen and oxygen atoms in total. The lowest BCUT2D eigenvalue weighted by atomic mass is 9.81. The number of phenols is 2. The van der Waals surface area contributed by atoms with Crippen LogP contribution < -0.4 is 41.8 Å². The van der Waals surface area contributed by atoms with Crippen molar-refractivity contribution in [2.24, 2.45) is 0 Å². The van der Waals surface area contributed by atoms with Crippen molar-refractivity contribution >= 4 is 108 Å². The Bertz CT molecular complexity index is 3790. The lowest BCUT2D eigenvalue weighted by Gasteiger charge is -2.13. The quantitative estimate of drug-likeness (QED) is 0.0234. The lowest BCUT2D eigenvalue weighted by Crippen LogP contribution is -2.20. The number of ether oxygens (including phenoxy) is 2. The molecule has 2 aromatic heterocycles. The fourth-order valence-corrected chi connectivity index (χ4v) is 6.77. The van der Waals surface area contributed by atoms with Crippen LogP contribution in [0.4, 0.5) is 77.5 Å². The van der Waals surface area contributed by atoms with Crippen LogP contribution in [0.3, 0.4) is 0 Å². The van der Waals surface area contributed by atoms with Gasteiger partial charge in [0.25, 0.3) is 12.2 Å². The van der Waals surface area contributed by atoms with Crippen molar-refractivity contribution in [1.29, 1.82) is 5.26 Å². The summed E-state index contributed by atoms with van der Waals surface area (Å²) in [7, 11) is 8.00. The molecule has 5 amide bonds. The number of benzene rings is 6. The molecule has 2 heterocycles. The number of nitriles is 1. The second-order valence-corrected chi connectivity index (χ2v) is 17.9. The molecule has 0 unspecified atom stereocenters. The number of hydrogen-bond donors (Lipinski definition) is 8. The van der Waals surface area contributed by atoms with Crippen molar-refractivity contribution in [2.45, 2.75) is 26.2 Å². The van der Waals surface area contributed by atoms with E-state index in [4.69, 9.17) is 76.5 Å². The van der Waals surface area contributed by atoms with Gasteiger partial charge in [-0.3, -0.25) is 14.8 Å². The molecule has 0 aliphatic rings. The van der Waals surface area contributed by atoms with Gasteiger partial charge in [0.15, 0.2) is 0 Å². The van der Waals surface area contributed by atoms with E-state index in [2.05, 4.69) is 51.4 Å². The van der Waals surface area contributed by atoms with Gasteiger partial charge in [0.2, 0.25) is 0 Å². The summed E-state index contributed by atoms with van der Waals surface area (Å²) in [5.74, 6) is -2.72. The van der Waals surface area contributed by atoms with Crippen LogP contribution in [-0.2, 0) is 12.4 Å². The Morgan fingerprint density at radius 2 is 1.10 bits per heavy atom. The number of urea groups is 2. The SMILES string of the molecule is Cc1cc(NC(=O)Nc2ccc(O)cc2F)ccc1Cl.Cc1cc(Oc2ccc(NC(=O)Nc3ccc(Cl)c(C(F)(F)F)c3)c(F)c2)ccn1.N#COc1ccc(Cl)c(C(F)(F)F)c1.Nc1ccc(O)cc1F.[2H]C([2H])([2H])NC(=O)c1cc(Cl)ccn1.[B][B]. The summed E-state index contributed by atoms with van der Waals surface area (Å²) in [6, 6.07) is 26.2. The molecule has 8 aromatic rings. The number of nitrogens with two attached hydrogens (primary N) is 1. The maximum atomic E-state index is 14.3. The zero-order valence-electron chi connectivity index (χ0n) is 46.8. The molecule has 9 N–H and O–H groups in total. The van der Waals surface area contributed by atoms with E-state index in [1.165, 1.54) is 73.1 Å². The Morgan fingerprint density at radius 3 is 1.62 bits per heavy atom. The first kappa shape index (κ1) is 65.9. The van der Waals surface area contributed by atoms with Gasteiger partial charge in [0.1, 0.15) is 51.9 Å². The molecule has 6 aromatic carbocycles.